The number of anilines is 3. The molecule has 5 amide bonds. The number of aromatic nitrogens is 4. The summed E-state index contributed by atoms with van der Waals surface area (Å²) in [6.07, 6.45) is 8.74. The van der Waals surface area contributed by atoms with Crippen molar-refractivity contribution in [1.29, 1.82) is 0 Å². The molecule has 2 saturated carbocycles. The molecule has 7 N–H and O–H groups in total. The van der Waals surface area contributed by atoms with Crippen LogP contribution >= 0.6 is 11.3 Å². The molecule has 8 rings (SSSR count). The zero-order valence-corrected chi connectivity index (χ0v) is 41.0. The number of benzene rings is 1. The van der Waals surface area contributed by atoms with Gasteiger partial charge in [-0.25, -0.2) is 15.0 Å². The van der Waals surface area contributed by atoms with Gasteiger partial charge in [0.2, 0.25) is 23.6 Å². The van der Waals surface area contributed by atoms with Crippen LogP contribution in [0.2, 0.25) is 0 Å². The SMILES string of the molecule is Cc1cc(Nc2cc(NCCC(=O)NCCCCCC(=O)NC(C(=O)N3C[C@H](O)C[C@H]3C(=O)NCc3ccc(-c4scnc4C)cc3)C(C)(C)C)ncn2)c(=O)n2c1C(=O)NC21CCC2(CC2)CC1. The van der Waals surface area contributed by atoms with Gasteiger partial charge in [-0.2, -0.15) is 0 Å². The molecule has 2 aliphatic heterocycles. The molecule has 4 aliphatic rings. The maximum Gasteiger partial charge on any atom is 0.276 e. The highest BCUT2D eigenvalue weighted by Crippen LogP contribution is 2.59. The average molecular weight is 964 g/mol. The van der Waals surface area contributed by atoms with Crippen LogP contribution in [-0.2, 0) is 31.4 Å². The first kappa shape index (κ1) is 49.2. The van der Waals surface area contributed by atoms with Gasteiger partial charge >= 0.3 is 0 Å². The second kappa shape index (κ2) is 20.4. The Morgan fingerprint density at radius 3 is 2.30 bits per heavy atom. The zero-order valence-electron chi connectivity index (χ0n) is 40.2. The molecular weight excluding hydrogens is 899 g/mol. The fourth-order valence-electron chi connectivity index (χ4n) is 9.95. The molecule has 368 valence electrons. The molecule has 1 aromatic carbocycles. The van der Waals surface area contributed by atoms with E-state index in [9.17, 15) is 33.9 Å². The molecule has 3 fully saturated rings. The third-order valence-electron chi connectivity index (χ3n) is 14.2. The third-order valence-corrected chi connectivity index (χ3v) is 15.2. The summed E-state index contributed by atoms with van der Waals surface area (Å²) in [6, 6.07) is 9.43. The second-order valence-electron chi connectivity index (χ2n) is 20.4. The maximum atomic E-state index is 14.0. The van der Waals surface area contributed by atoms with Crippen molar-refractivity contribution in [2.24, 2.45) is 10.8 Å². The van der Waals surface area contributed by atoms with Gasteiger partial charge < -0.3 is 41.9 Å². The Labute approximate surface area is 406 Å². The van der Waals surface area contributed by atoms with E-state index in [0.29, 0.717) is 66.3 Å². The Kier molecular flexibility index (Phi) is 14.6. The Morgan fingerprint density at radius 2 is 1.61 bits per heavy atom. The summed E-state index contributed by atoms with van der Waals surface area (Å²) in [5.74, 6) is -0.557. The minimum atomic E-state index is -0.917. The summed E-state index contributed by atoms with van der Waals surface area (Å²) in [6.45, 7) is 10.3. The Bertz CT molecular complexity index is 2630. The number of pyridine rings is 1. The average Bonchev–Trinajstić information content (AvgIpc) is 3.57. The number of hydrogen-bond donors (Lipinski definition) is 7. The Morgan fingerprint density at radius 1 is 0.884 bits per heavy atom. The second-order valence-corrected chi connectivity index (χ2v) is 21.3. The van der Waals surface area contributed by atoms with Crippen LogP contribution in [-0.4, -0.2) is 96.9 Å². The molecule has 3 atom stereocenters. The van der Waals surface area contributed by atoms with Crippen LogP contribution in [0, 0.1) is 24.7 Å². The lowest BCUT2D eigenvalue weighted by atomic mass is 9.79. The van der Waals surface area contributed by atoms with Gasteiger partial charge in [-0.05, 0) is 98.8 Å². The number of unbranched alkanes of at least 4 members (excludes halogenated alkanes) is 2. The van der Waals surface area contributed by atoms with E-state index < -0.39 is 35.2 Å². The topological polar surface area (TPSA) is 242 Å². The van der Waals surface area contributed by atoms with Gasteiger partial charge in [0.15, 0.2) is 0 Å². The van der Waals surface area contributed by atoms with E-state index in [1.54, 1.807) is 28.0 Å². The Hall–Kier alpha value is -6.21. The predicted molar refractivity (Wildman–Crippen MR) is 263 cm³/mol. The van der Waals surface area contributed by atoms with Crippen molar-refractivity contribution in [2.75, 3.05) is 30.3 Å². The van der Waals surface area contributed by atoms with Crippen molar-refractivity contribution in [1.82, 2.24) is 45.7 Å². The summed E-state index contributed by atoms with van der Waals surface area (Å²) in [4.78, 5) is 95.7. The van der Waals surface area contributed by atoms with Crippen LogP contribution in [0.4, 0.5) is 17.3 Å². The molecule has 2 aliphatic carbocycles. The van der Waals surface area contributed by atoms with Crippen LogP contribution in [0.5, 0.6) is 0 Å². The van der Waals surface area contributed by atoms with Gasteiger partial charge in [0.05, 0.1) is 22.2 Å². The first-order valence-corrected chi connectivity index (χ1v) is 25.1. The summed E-state index contributed by atoms with van der Waals surface area (Å²) < 4.78 is 1.67. The number of nitrogens with zero attached hydrogens (tertiary/aromatic N) is 5. The van der Waals surface area contributed by atoms with E-state index >= 15 is 0 Å². The van der Waals surface area contributed by atoms with Gasteiger partial charge in [0, 0.05) is 51.5 Å². The number of hydrogen-bond acceptors (Lipinski definition) is 13. The lowest BCUT2D eigenvalue weighted by Crippen LogP contribution is -2.57. The number of carbonyl (C=O) groups is 5. The quantitative estimate of drug-likeness (QED) is 0.0640. The highest BCUT2D eigenvalue weighted by atomic mass is 32.1. The van der Waals surface area contributed by atoms with Gasteiger partial charge in [-0.3, -0.25) is 33.3 Å². The van der Waals surface area contributed by atoms with Crippen LogP contribution in [0.1, 0.15) is 125 Å². The largest absolute Gasteiger partial charge is 0.391 e. The van der Waals surface area contributed by atoms with Gasteiger partial charge in [-0.1, -0.05) is 51.5 Å². The van der Waals surface area contributed by atoms with E-state index in [1.165, 1.54) is 24.1 Å². The molecule has 0 radical (unpaired) electrons. The van der Waals surface area contributed by atoms with E-state index in [2.05, 4.69) is 46.9 Å². The van der Waals surface area contributed by atoms with Crippen molar-refractivity contribution >= 4 is 58.2 Å². The van der Waals surface area contributed by atoms with Gasteiger partial charge in [0.1, 0.15) is 47.1 Å². The van der Waals surface area contributed by atoms with Crippen molar-refractivity contribution in [3.63, 3.8) is 0 Å². The van der Waals surface area contributed by atoms with Crippen LogP contribution in [0.3, 0.4) is 0 Å². The number of aliphatic hydroxyl groups excluding tert-OH is 1. The third kappa shape index (κ3) is 11.3. The fraction of sp³-hybridized carbons (Fsp3) is 0.540. The predicted octanol–water partition coefficient (Wildman–Crippen LogP) is 5.16. The van der Waals surface area contributed by atoms with Crippen LogP contribution in [0.25, 0.3) is 10.4 Å². The normalized spacial score (nSPS) is 19.2. The number of nitrogens with one attached hydrogen (secondary N) is 6. The molecule has 18 nitrogen and oxygen atoms in total. The molecule has 19 heteroatoms. The van der Waals surface area contributed by atoms with Crippen molar-refractivity contribution in [3.05, 3.63) is 81.1 Å². The lowest BCUT2D eigenvalue weighted by Gasteiger charge is -2.39. The van der Waals surface area contributed by atoms with Crippen LogP contribution in [0.15, 0.2) is 53.0 Å². The van der Waals surface area contributed by atoms with E-state index in [-0.39, 0.29) is 61.5 Å². The first-order valence-electron chi connectivity index (χ1n) is 24.2. The minimum Gasteiger partial charge on any atom is -0.391 e. The number of thiazole rings is 1. The molecule has 2 spiro atoms. The van der Waals surface area contributed by atoms with E-state index in [0.717, 1.165) is 47.4 Å². The summed E-state index contributed by atoms with van der Waals surface area (Å²) in [7, 11) is 0. The smallest absolute Gasteiger partial charge is 0.276 e. The molecule has 1 saturated heterocycles. The number of likely N-dealkylation sites (tertiary alicyclic amines) is 1. The molecular formula is C50H65N11O7S. The van der Waals surface area contributed by atoms with Crippen molar-refractivity contribution < 1.29 is 29.1 Å². The Balaban J connectivity index is 0.738. The molecule has 5 heterocycles. The van der Waals surface area contributed by atoms with Crippen molar-refractivity contribution in [2.45, 2.75) is 142 Å². The number of β-amino-alcohol motifs (C(OH)–C–C–N with tert-alkyl or cyclic N) is 1. The molecule has 0 bridgehead atoms. The van der Waals surface area contributed by atoms with E-state index in [4.69, 9.17) is 0 Å². The lowest BCUT2D eigenvalue weighted by molar-refractivity contribution is -0.144. The molecule has 1 unspecified atom stereocenters. The molecule has 69 heavy (non-hydrogen) atoms. The number of aryl methyl sites for hydroxylation is 2. The number of aliphatic hydroxyl groups is 1. The first-order chi connectivity index (χ1) is 32.9. The number of carbonyl (C=O) groups excluding carboxylic acids is 5. The highest BCUT2D eigenvalue weighted by molar-refractivity contribution is 7.13. The minimum absolute atomic E-state index is 0.00685. The number of amides is 5. The van der Waals surface area contributed by atoms with Crippen LogP contribution < -0.4 is 37.5 Å². The fourth-order valence-corrected chi connectivity index (χ4v) is 10.8. The molecule has 4 aromatic rings. The number of rotatable bonds is 18. The van der Waals surface area contributed by atoms with Crippen molar-refractivity contribution in [3.8, 4) is 10.4 Å². The summed E-state index contributed by atoms with van der Waals surface area (Å²) in [5.41, 5.74) is 4.89. The van der Waals surface area contributed by atoms with E-state index in [1.807, 2.05) is 64.4 Å². The standard InChI is InChI=1S/C50H65N11O7S/c1-30-23-35(46(67)61-41(30)45(66)59-50(61)19-17-49(15-16-49)18-20-50)57-38-25-37(54-28-55-38)51-22-14-39(63)52-21-8-6-7-9-40(64)58-43(48(3,4)5)47(68)60-27-34(62)24-36(60)44(65)53-26-32-10-12-33(13-11-32)42-31(2)56-29-69-42/h10-13,23,25,28-29,34,36,43,62H,6-9,14-22,24,26-27H2,1-5H3,(H,52,63)(H,53,65)(H,58,64)(H,59,66)(H2,51,54,55,57)/t34-,36+,43?/m1/s1. The zero-order chi connectivity index (χ0) is 49.1. The number of fused-ring (bicyclic) bond motifs is 2. The van der Waals surface area contributed by atoms with Gasteiger partial charge in [-0.15, -0.1) is 11.3 Å². The summed E-state index contributed by atoms with van der Waals surface area (Å²) >= 11 is 1.57. The van der Waals surface area contributed by atoms with Gasteiger partial charge in [0.25, 0.3) is 11.5 Å². The molecule has 3 aromatic heterocycles. The maximum absolute atomic E-state index is 14.0. The highest BCUT2D eigenvalue weighted by Gasteiger charge is 2.54. The summed E-state index contributed by atoms with van der Waals surface area (Å²) in [5, 5.41) is 28.8. The monoisotopic (exact) mass is 963 g/mol.